The van der Waals surface area contributed by atoms with Crippen molar-refractivity contribution >= 4 is 38.1 Å². The van der Waals surface area contributed by atoms with Crippen molar-refractivity contribution in [2.24, 2.45) is 0 Å². The van der Waals surface area contributed by atoms with Gasteiger partial charge in [-0.3, -0.25) is 9.52 Å². The summed E-state index contributed by atoms with van der Waals surface area (Å²) in [4.78, 5) is 17.5. The molecule has 0 saturated heterocycles. The minimum absolute atomic E-state index is 0.0412. The van der Waals surface area contributed by atoms with E-state index in [0.29, 0.717) is 18.0 Å². The molecule has 6 nitrogen and oxygen atoms in total. The molecule has 1 aromatic heterocycles. The summed E-state index contributed by atoms with van der Waals surface area (Å²) in [5, 5.41) is 2.13. The van der Waals surface area contributed by atoms with E-state index < -0.39 is 10.0 Å². The van der Waals surface area contributed by atoms with Crippen molar-refractivity contribution in [1.29, 1.82) is 0 Å². The second kappa shape index (κ2) is 5.36. The first-order chi connectivity index (χ1) is 10.4. The first-order valence-corrected chi connectivity index (χ1v) is 9.07. The third-order valence-corrected chi connectivity index (χ3v) is 5.89. The van der Waals surface area contributed by atoms with Gasteiger partial charge >= 0.3 is 0 Å². The van der Waals surface area contributed by atoms with Crippen molar-refractivity contribution in [3.05, 3.63) is 34.8 Å². The molecule has 0 atom stereocenters. The van der Waals surface area contributed by atoms with Crippen LogP contribution >= 0.6 is 11.3 Å². The first kappa shape index (κ1) is 15.0. The topological polar surface area (TPSA) is 79.4 Å². The van der Waals surface area contributed by atoms with Crippen LogP contribution in [0.3, 0.4) is 0 Å². The largest absolute Gasteiger partial charge is 0.315 e. The number of hydrogen-bond acceptors (Lipinski definition) is 5. The Labute approximate surface area is 132 Å². The molecule has 2 aromatic rings. The lowest BCUT2D eigenvalue weighted by molar-refractivity contribution is -0.118. The van der Waals surface area contributed by atoms with E-state index in [9.17, 15) is 13.2 Å². The van der Waals surface area contributed by atoms with Crippen LogP contribution in [0.4, 0.5) is 10.8 Å². The molecule has 0 unspecified atom stereocenters. The number of fused-ring (bicyclic) bond motifs is 1. The van der Waals surface area contributed by atoms with E-state index in [-0.39, 0.29) is 10.8 Å². The van der Waals surface area contributed by atoms with E-state index in [0.717, 1.165) is 16.9 Å². The molecule has 22 heavy (non-hydrogen) atoms. The smallest absolute Gasteiger partial charge is 0.263 e. The van der Waals surface area contributed by atoms with Crippen molar-refractivity contribution in [1.82, 2.24) is 4.98 Å². The molecule has 3 rings (SSSR count). The second-order valence-corrected chi connectivity index (χ2v) is 7.68. The predicted octanol–water partition coefficient (Wildman–Crippen LogP) is 2.16. The maximum atomic E-state index is 12.4. The van der Waals surface area contributed by atoms with Gasteiger partial charge in [-0.05, 0) is 37.1 Å². The zero-order chi connectivity index (χ0) is 15.9. The Bertz CT molecular complexity index is 843. The quantitative estimate of drug-likeness (QED) is 0.931. The summed E-state index contributed by atoms with van der Waals surface area (Å²) >= 11 is 1.25. The van der Waals surface area contributed by atoms with Gasteiger partial charge in [0.05, 0.1) is 10.6 Å². The molecule has 0 fully saturated rings. The van der Waals surface area contributed by atoms with Crippen LogP contribution < -0.4 is 9.62 Å². The third kappa shape index (κ3) is 2.71. The molecular formula is C14H15N3O3S2. The van der Waals surface area contributed by atoms with Crippen molar-refractivity contribution in [2.45, 2.75) is 24.7 Å². The van der Waals surface area contributed by atoms with Crippen LogP contribution in [0.15, 0.2) is 28.5 Å². The van der Waals surface area contributed by atoms with Crippen molar-refractivity contribution in [2.75, 3.05) is 16.7 Å². The summed E-state index contributed by atoms with van der Waals surface area (Å²) in [5.41, 5.74) is 2.40. The number of nitrogens with zero attached hydrogens (tertiary/aromatic N) is 2. The van der Waals surface area contributed by atoms with Gasteiger partial charge in [-0.25, -0.2) is 13.4 Å². The number of benzene rings is 1. The molecule has 2 heterocycles. The Balaban J connectivity index is 1.93. The molecular weight excluding hydrogens is 322 g/mol. The predicted molar refractivity (Wildman–Crippen MR) is 85.8 cm³/mol. The highest BCUT2D eigenvalue weighted by Gasteiger charge is 2.24. The van der Waals surface area contributed by atoms with Crippen LogP contribution in [0.5, 0.6) is 0 Å². The highest BCUT2D eigenvalue weighted by atomic mass is 32.2. The molecule has 0 saturated carbocycles. The van der Waals surface area contributed by atoms with Gasteiger partial charge in [-0.15, -0.1) is 11.3 Å². The monoisotopic (exact) mass is 337 g/mol. The number of sulfonamides is 1. The standard InChI is InChI=1S/C14H15N3O3S2/c1-9-8-21-14(15-9)16-22(19,20)11-4-5-12-10(7-11)3-6-13(18)17(12)2/h4-5,7-8H,3,6H2,1-2H3,(H,15,16). The normalized spacial score (nSPS) is 14.8. The molecule has 0 bridgehead atoms. The number of hydrogen-bond donors (Lipinski definition) is 1. The summed E-state index contributed by atoms with van der Waals surface area (Å²) < 4.78 is 27.3. The molecule has 0 aliphatic carbocycles. The molecule has 8 heteroatoms. The molecule has 1 aliphatic rings. The fraction of sp³-hybridized carbons (Fsp3) is 0.286. The molecule has 1 aromatic carbocycles. The highest BCUT2D eigenvalue weighted by molar-refractivity contribution is 7.93. The average Bonchev–Trinajstić information content (AvgIpc) is 2.87. The van der Waals surface area contributed by atoms with Gasteiger partial charge in [0, 0.05) is 24.5 Å². The molecule has 0 radical (unpaired) electrons. The van der Waals surface area contributed by atoms with Gasteiger partial charge in [-0.1, -0.05) is 0 Å². The summed E-state index contributed by atoms with van der Waals surface area (Å²) in [5.74, 6) is 0.0412. The lowest BCUT2D eigenvalue weighted by atomic mass is 10.0. The number of rotatable bonds is 3. The number of aryl methyl sites for hydroxylation is 2. The number of anilines is 2. The number of amides is 1. The zero-order valence-electron chi connectivity index (χ0n) is 12.2. The summed E-state index contributed by atoms with van der Waals surface area (Å²) in [6, 6.07) is 4.81. The van der Waals surface area contributed by atoms with E-state index >= 15 is 0 Å². The van der Waals surface area contributed by atoms with Crippen LogP contribution in [0.25, 0.3) is 0 Å². The maximum absolute atomic E-state index is 12.4. The van der Waals surface area contributed by atoms with Crippen LogP contribution in [-0.4, -0.2) is 26.4 Å². The Morgan fingerprint density at radius 3 is 2.77 bits per heavy atom. The number of nitrogens with one attached hydrogen (secondary N) is 1. The minimum atomic E-state index is -3.67. The van der Waals surface area contributed by atoms with Gasteiger partial charge in [0.1, 0.15) is 0 Å². The third-order valence-electron chi connectivity index (χ3n) is 3.55. The first-order valence-electron chi connectivity index (χ1n) is 6.71. The van der Waals surface area contributed by atoms with Crippen LogP contribution in [0.2, 0.25) is 0 Å². The van der Waals surface area contributed by atoms with Gasteiger partial charge in [0.25, 0.3) is 10.0 Å². The number of aromatic nitrogens is 1. The highest BCUT2D eigenvalue weighted by Crippen LogP contribution is 2.29. The number of thiazole rings is 1. The molecule has 1 N–H and O–H groups in total. The van der Waals surface area contributed by atoms with E-state index in [1.54, 1.807) is 36.4 Å². The Kier molecular flexibility index (Phi) is 3.65. The Hall–Kier alpha value is -1.93. The second-order valence-electron chi connectivity index (χ2n) is 5.14. The lowest BCUT2D eigenvalue weighted by Crippen LogP contribution is -2.31. The lowest BCUT2D eigenvalue weighted by Gasteiger charge is -2.26. The average molecular weight is 337 g/mol. The van der Waals surface area contributed by atoms with Gasteiger partial charge in [0.15, 0.2) is 5.13 Å². The van der Waals surface area contributed by atoms with Crippen molar-refractivity contribution in [3.63, 3.8) is 0 Å². The van der Waals surface area contributed by atoms with E-state index in [1.165, 1.54) is 17.4 Å². The van der Waals surface area contributed by atoms with Gasteiger partial charge in [-0.2, -0.15) is 0 Å². The van der Waals surface area contributed by atoms with Crippen molar-refractivity contribution < 1.29 is 13.2 Å². The van der Waals surface area contributed by atoms with Crippen molar-refractivity contribution in [3.8, 4) is 0 Å². The Morgan fingerprint density at radius 1 is 1.32 bits per heavy atom. The van der Waals surface area contributed by atoms with Gasteiger partial charge in [0.2, 0.25) is 5.91 Å². The fourth-order valence-corrected chi connectivity index (χ4v) is 4.37. The van der Waals surface area contributed by atoms with Crippen LogP contribution in [-0.2, 0) is 21.2 Å². The zero-order valence-corrected chi connectivity index (χ0v) is 13.8. The number of carbonyl (C=O) groups is 1. The van der Waals surface area contributed by atoms with Crippen LogP contribution in [0, 0.1) is 6.92 Å². The SMILES string of the molecule is Cc1csc(NS(=O)(=O)c2ccc3c(c2)CCC(=O)N3C)n1. The summed E-state index contributed by atoms with van der Waals surface area (Å²) in [7, 11) is -1.97. The van der Waals surface area contributed by atoms with E-state index in [1.807, 2.05) is 0 Å². The Morgan fingerprint density at radius 2 is 2.09 bits per heavy atom. The van der Waals surface area contributed by atoms with E-state index in [2.05, 4.69) is 9.71 Å². The molecule has 116 valence electrons. The maximum Gasteiger partial charge on any atom is 0.263 e. The molecule has 0 spiro atoms. The van der Waals surface area contributed by atoms with E-state index in [4.69, 9.17) is 0 Å². The summed E-state index contributed by atoms with van der Waals surface area (Å²) in [6.45, 7) is 1.81. The van der Waals surface area contributed by atoms with Crippen LogP contribution in [0.1, 0.15) is 17.7 Å². The fourth-order valence-electron chi connectivity index (χ4n) is 2.37. The molecule has 1 aliphatic heterocycles. The number of carbonyl (C=O) groups excluding carboxylic acids is 1. The van der Waals surface area contributed by atoms with Gasteiger partial charge < -0.3 is 4.90 Å². The molecule has 1 amide bonds. The summed E-state index contributed by atoms with van der Waals surface area (Å²) in [6.07, 6.45) is 0.949. The minimum Gasteiger partial charge on any atom is -0.315 e.